The molecule has 1 aliphatic rings. The molecule has 0 saturated carbocycles. The summed E-state index contributed by atoms with van der Waals surface area (Å²) >= 11 is 0. The standard InChI is InChI=1S/C22H29N3O3/c1-17-8-9-20(21(14-17)28-16-19-6-4-3-5-7-19)24-22(26)23-15-18(2)25-10-12-27-13-11-25/h3-9,14,18H,10-13,15-16H2,1-2H3,(H2,23,24,26). The molecule has 0 bridgehead atoms. The quantitative estimate of drug-likeness (QED) is 0.769. The van der Waals surface area contributed by atoms with Gasteiger partial charge in [-0.3, -0.25) is 4.90 Å². The molecule has 1 fully saturated rings. The van der Waals surface area contributed by atoms with Gasteiger partial charge < -0.3 is 20.1 Å². The van der Waals surface area contributed by atoms with Crippen molar-refractivity contribution in [2.24, 2.45) is 0 Å². The number of aryl methyl sites for hydroxylation is 1. The summed E-state index contributed by atoms with van der Waals surface area (Å²) in [6.07, 6.45) is 0. The van der Waals surface area contributed by atoms with Crippen molar-refractivity contribution < 1.29 is 14.3 Å². The molecule has 28 heavy (non-hydrogen) atoms. The Morgan fingerprint density at radius 1 is 1.18 bits per heavy atom. The molecule has 2 aromatic rings. The van der Waals surface area contributed by atoms with Crippen LogP contribution in [0.2, 0.25) is 0 Å². The van der Waals surface area contributed by atoms with E-state index in [-0.39, 0.29) is 12.1 Å². The molecule has 150 valence electrons. The number of morpholine rings is 1. The fraction of sp³-hybridized carbons (Fsp3) is 0.409. The molecule has 0 radical (unpaired) electrons. The van der Waals surface area contributed by atoms with Gasteiger partial charge >= 0.3 is 6.03 Å². The van der Waals surface area contributed by atoms with Gasteiger partial charge in [-0.15, -0.1) is 0 Å². The molecule has 0 aliphatic carbocycles. The van der Waals surface area contributed by atoms with Crippen LogP contribution < -0.4 is 15.4 Å². The van der Waals surface area contributed by atoms with Crippen LogP contribution in [0, 0.1) is 6.92 Å². The lowest BCUT2D eigenvalue weighted by Crippen LogP contribution is -2.47. The Hall–Kier alpha value is -2.57. The number of benzene rings is 2. The molecular formula is C22H29N3O3. The van der Waals surface area contributed by atoms with E-state index in [2.05, 4.69) is 22.5 Å². The first-order chi connectivity index (χ1) is 13.6. The van der Waals surface area contributed by atoms with Crippen LogP contribution in [-0.4, -0.2) is 49.8 Å². The van der Waals surface area contributed by atoms with Crippen molar-refractivity contribution in [3.63, 3.8) is 0 Å². The van der Waals surface area contributed by atoms with Crippen LogP contribution >= 0.6 is 0 Å². The molecule has 2 aromatic carbocycles. The first-order valence-electron chi connectivity index (χ1n) is 9.76. The van der Waals surface area contributed by atoms with Crippen molar-refractivity contribution in [3.8, 4) is 5.75 Å². The molecule has 1 atom stereocenters. The van der Waals surface area contributed by atoms with E-state index in [0.29, 0.717) is 24.6 Å². The molecule has 1 heterocycles. The molecule has 0 spiro atoms. The maximum absolute atomic E-state index is 12.4. The van der Waals surface area contributed by atoms with Crippen LogP contribution in [0.3, 0.4) is 0 Å². The van der Waals surface area contributed by atoms with Crippen molar-refractivity contribution >= 4 is 11.7 Å². The number of urea groups is 1. The van der Waals surface area contributed by atoms with Crippen LogP contribution in [0.4, 0.5) is 10.5 Å². The predicted octanol–water partition coefficient (Wildman–Crippen LogP) is 3.42. The van der Waals surface area contributed by atoms with Crippen LogP contribution in [0.15, 0.2) is 48.5 Å². The Morgan fingerprint density at radius 3 is 2.68 bits per heavy atom. The average Bonchev–Trinajstić information content (AvgIpc) is 2.73. The molecular weight excluding hydrogens is 354 g/mol. The van der Waals surface area contributed by atoms with E-state index >= 15 is 0 Å². The Kier molecular flexibility index (Phi) is 7.28. The van der Waals surface area contributed by atoms with Gasteiger partial charge in [-0.2, -0.15) is 0 Å². The fourth-order valence-electron chi connectivity index (χ4n) is 3.14. The van der Waals surface area contributed by atoms with Gasteiger partial charge in [0.25, 0.3) is 0 Å². The second-order valence-electron chi connectivity index (χ2n) is 7.11. The number of carbonyl (C=O) groups is 1. The highest BCUT2D eigenvalue weighted by molar-refractivity contribution is 5.91. The largest absolute Gasteiger partial charge is 0.487 e. The summed E-state index contributed by atoms with van der Waals surface area (Å²) in [6, 6.07) is 15.8. The highest BCUT2D eigenvalue weighted by Gasteiger charge is 2.17. The highest BCUT2D eigenvalue weighted by Crippen LogP contribution is 2.26. The maximum Gasteiger partial charge on any atom is 0.319 e. The average molecular weight is 383 g/mol. The van der Waals surface area contributed by atoms with Crippen molar-refractivity contribution in [3.05, 3.63) is 59.7 Å². The second-order valence-corrected chi connectivity index (χ2v) is 7.11. The minimum absolute atomic E-state index is 0.228. The summed E-state index contributed by atoms with van der Waals surface area (Å²) in [7, 11) is 0. The molecule has 2 N–H and O–H groups in total. The van der Waals surface area contributed by atoms with Gasteiger partial charge in [0.05, 0.1) is 18.9 Å². The highest BCUT2D eigenvalue weighted by atomic mass is 16.5. The van der Waals surface area contributed by atoms with Gasteiger partial charge in [0.2, 0.25) is 0 Å². The molecule has 6 heteroatoms. The lowest BCUT2D eigenvalue weighted by Gasteiger charge is -2.32. The lowest BCUT2D eigenvalue weighted by molar-refractivity contribution is 0.0209. The summed E-state index contributed by atoms with van der Waals surface area (Å²) in [5.74, 6) is 0.667. The molecule has 6 nitrogen and oxygen atoms in total. The molecule has 0 aromatic heterocycles. The Bertz CT molecular complexity index is 761. The Balaban J connectivity index is 1.54. The minimum Gasteiger partial charge on any atom is -0.487 e. The summed E-state index contributed by atoms with van der Waals surface area (Å²) in [4.78, 5) is 14.7. The normalized spacial score (nSPS) is 15.6. The fourth-order valence-corrected chi connectivity index (χ4v) is 3.14. The van der Waals surface area contributed by atoms with Gasteiger partial charge in [-0.05, 0) is 37.1 Å². The third kappa shape index (κ3) is 5.97. The van der Waals surface area contributed by atoms with Crippen molar-refractivity contribution in [2.45, 2.75) is 26.5 Å². The third-order valence-corrected chi connectivity index (χ3v) is 4.85. The van der Waals surface area contributed by atoms with E-state index in [0.717, 1.165) is 37.4 Å². The first-order valence-corrected chi connectivity index (χ1v) is 9.76. The molecule has 1 unspecified atom stereocenters. The number of carbonyl (C=O) groups excluding carboxylic acids is 1. The third-order valence-electron chi connectivity index (χ3n) is 4.85. The Morgan fingerprint density at radius 2 is 1.93 bits per heavy atom. The number of hydrogen-bond donors (Lipinski definition) is 2. The monoisotopic (exact) mass is 383 g/mol. The van der Waals surface area contributed by atoms with Gasteiger partial charge in [0.1, 0.15) is 12.4 Å². The van der Waals surface area contributed by atoms with E-state index < -0.39 is 0 Å². The summed E-state index contributed by atoms with van der Waals surface area (Å²) in [5, 5.41) is 5.87. The zero-order chi connectivity index (χ0) is 19.8. The maximum atomic E-state index is 12.4. The topological polar surface area (TPSA) is 62.8 Å². The summed E-state index contributed by atoms with van der Waals surface area (Å²) in [5.41, 5.74) is 2.83. The van der Waals surface area contributed by atoms with Crippen LogP contribution in [-0.2, 0) is 11.3 Å². The van der Waals surface area contributed by atoms with E-state index in [9.17, 15) is 4.79 Å². The number of hydrogen-bond acceptors (Lipinski definition) is 4. The Labute approximate surface area is 166 Å². The number of rotatable bonds is 7. The summed E-state index contributed by atoms with van der Waals surface area (Å²) in [6.45, 7) is 8.46. The second kappa shape index (κ2) is 10.1. The number of nitrogens with zero attached hydrogens (tertiary/aromatic N) is 1. The van der Waals surface area contributed by atoms with Crippen molar-refractivity contribution in [2.75, 3.05) is 38.2 Å². The number of amides is 2. The minimum atomic E-state index is -0.228. The molecule has 2 amide bonds. The van der Waals surface area contributed by atoms with Crippen molar-refractivity contribution in [1.82, 2.24) is 10.2 Å². The first kappa shape index (κ1) is 20.2. The SMILES string of the molecule is Cc1ccc(NC(=O)NCC(C)N2CCOCC2)c(OCc2ccccc2)c1. The van der Waals surface area contributed by atoms with Gasteiger partial charge in [-0.1, -0.05) is 36.4 Å². The predicted molar refractivity (Wildman–Crippen MR) is 111 cm³/mol. The zero-order valence-electron chi connectivity index (χ0n) is 16.6. The van der Waals surface area contributed by atoms with E-state index in [1.807, 2.05) is 55.5 Å². The van der Waals surface area contributed by atoms with Crippen LogP contribution in [0.5, 0.6) is 5.75 Å². The number of nitrogens with one attached hydrogen (secondary N) is 2. The number of anilines is 1. The number of ether oxygens (including phenoxy) is 2. The van der Waals surface area contributed by atoms with Gasteiger partial charge in [0.15, 0.2) is 0 Å². The lowest BCUT2D eigenvalue weighted by atomic mass is 10.2. The smallest absolute Gasteiger partial charge is 0.319 e. The van der Waals surface area contributed by atoms with Gasteiger partial charge in [-0.25, -0.2) is 4.79 Å². The van der Waals surface area contributed by atoms with E-state index in [4.69, 9.17) is 9.47 Å². The molecule has 1 aliphatic heterocycles. The van der Waals surface area contributed by atoms with Crippen LogP contribution in [0.1, 0.15) is 18.1 Å². The summed E-state index contributed by atoms with van der Waals surface area (Å²) < 4.78 is 11.3. The zero-order valence-corrected chi connectivity index (χ0v) is 16.6. The van der Waals surface area contributed by atoms with Crippen molar-refractivity contribution in [1.29, 1.82) is 0 Å². The van der Waals surface area contributed by atoms with E-state index in [1.54, 1.807) is 0 Å². The van der Waals surface area contributed by atoms with E-state index in [1.165, 1.54) is 0 Å². The molecule has 3 rings (SSSR count). The van der Waals surface area contributed by atoms with Crippen LogP contribution in [0.25, 0.3) is 0 Å². The van der Waals surface area contributed by atoms with Gasteiger partial charge in [0, 0.05) is 25.7 Å². The molecule has 1 saturated heterocycles.